The van der Waals surface area contributed by atoms with Crippen LogP contribution in [0.2, 0.25) is 0 Å². The van der Waals surface area contributed by atoms with E-state index in [1.807, 2.05) is 0 Å². The fourth-order valence-electron chi connectivity index (χ4n) is 3.40. The Bertz CT molecular complexity index is 583. The molecule has 0 saturated carbocycles. The van der Waals surface area contributed by atoms with Gasteiger partial charge in [0.25, 0.3) is 0 Å². The number of nitrogens with one attached hydrogen (secondary N) is 1. The summed E-state index contributed by atoms with van der Waals surface area (Å²) >= 11 is 0. The molecule has 3 heterocycles. The van der Waals surface area contributed by atoms with Gasteiger partial charge in [0.2, 0.25) is 23.6 Å². The maximum atomic E-state index is 12.1. The highest BCUT2D eigenvalue weighted by atomic mass is 16.5. The van der Waals surface area contributed by atoms with Gasteiger partial charge in [0.1, 0.15) is 6.61 Å². The number of ether oxygens (including phenoxy) is 1. The lowest BCUT2D eigenvalue weighted by atomic mass is 10.1. The van der Waals surface area contributed by atoms with Gasteiger partial charge in [-0.05, 0) is 0 Å². The summed E-state index contributed by atoms with van der Waals surface area (Å²) in [6.07, 6.45) is 0.167. The van der Waals surface area contributed by atoms with Crippen molar-refractivity contribution in [3.63, 3.8) is 0 Å². The Kier molecular flexibility index (Phi) is 4.94. The summed E-state index contributed by atoms with van der Waals surface area (Å²) in [7, 11) is 1.57. The van der Waals surface area contributed by atoms with Crippen LogP contribution in [-0.2, 0) is 23.9 Å². The fourth-order valence-corrected chi connectivity index (χ4v) is 3.40. The predicted octanol–water partition coefficient (Wildman–Crippen LogP) is -1.96. The minimum Gasteiger partial charge on any atom is -0.365 e. The van der Waals surface area contributed by atoms with E-state index < -0.39 is 0 Å². The molecule has 0 bridgehead atoms. The Balaban J connectivity index is 1.36. The second-order valence-electron chi connectivity index (χ2n) is 6.87. The summed E-state index contributed by atoms with van der Waals surface area (Å²) in [6.45, 7) is 3.97. The van der Waals surface area contributed by atoms with Crippen LogP contribution in [-0.4, -0.2) is 96.9 Å². The second kappa shape index (κ2) is 6.99. The molecular formula is C16H24N4O5. The molecule has 9 heteroatoms. The molecule has 3 saturated heterocycles. The van der Waals surface area contributed by atoms with Crippen molar-refractivity contribution in [3.05, 3.63) is 0 Å². The molecule has 0 aliphatic carbocycles. The molecular weight excluding hydrogens is 328 g/mol. The van der Waals surface area contributed by atoms with Crippen LogP contribution >= 0.6 is 0 Å². The molecule has 3 aliphatic rings. The van der Waals surface area contributed by atoms with E-state index in [4.69, 9.17) is 4.74 Å². The Labute approximate surface area is 146 Å². The molecule has 1 N–H and O–H groups in total. The number of hydrogen-bond acceptors (Lipinski definition) is 5. The van der Waals surface area contributed by atoms with Crippen molar-refractivity contribution in [3.8, 4) is 0 Å². The van der Waals surface area contributed by atoms with Crippen molar-refractivity contribution in [1.82, 2.24) is 20.0 Å². The summed E-state index contributed by atoms with van der Waals surface area (Å²) in [6, 6.07) is -0.0111. The zero-order chi connectivity index (χ0) is 18.1. The molecule has 4 amide bonds. The van der Waals surface area contributed by atoms with Crippen molar-refractivity contribution in [2.24, 2.45) is 5.92 Å². The third-order valence-electron chi connectivity index (χ3n) is 5.17. The second-order valence-corrected chi connectivity index (χ2v) is 6.87. The lowest BCUT2D eigenvalue weighted by Crippen LogP contribution is -2.62. The van der Waals surface area contributed by atoms with Crippen LogP contribution < -0.4 is 5.32 Å². The van der Waals surface area contributed by atoms with Gasteiger partial charge in [0.15, 0.2) is 0 Å². The Morgan fingerprint density at radius 3 is 2.40 bits per heavy atom. The van der Waals surface area contributed by atoms with Gasteiger partial charge < -0.3 is 24.8 Å². The number of carbonyl (C=O) groups is 4. The van der Waals surface area contributed by atoms with E-state index in [9.17, 15) is 19.2 Å². The molecule has 0 radical (unpaired) electrons. The molecule has 0 spiro atoms. The molecule has 1 unspecified atom stereocenters. The number of likely N-dealkylation sites (tertiary alicyclic amines) is 3. The predicted molar refractivity (Wildman–Crippen MR) is 86.2 cm³/mol. The zero-order valence-electron chi connectivity index (χ0n) is 14.6. The van der Waals surface area contributed by atoms with Crippen LogP contribution in [0.15, 0.2) is 0 Å². The average Bonchev–Trinajstić information content (AvgIpc) is 2.85. The maximum Gasteiger partial charge on any atom is 0.248 e. The van der Waals surface area contributed by atoms with Gasteiger partial charge in [-0.2, -0.15) is 0 Å². The maximum absolute atomic E-state index is 12.1. The van der Waals surface area contributed by atoms with E-state index in [2.05, 4.69) is 5.32 Å². The molecule has 3 aliphatic heterocycles. The standard InChI is InChI=1S/C16H24N4O5/c1-10(21)18-7-13(8-18)25-9-15(23)19-5-12(6-19)20-4-11(3-14(20)22)16(24)17-2/h11-13H,3-9H2,1-2H3,(H,17,24). The van der Waals surface area contributed by atoms with Crippen molar-refractivity contribution >= 4 is 23.6 Å². The summed E-state index contributed by atoms with van der Waals surface area (Å²) < 4.78 is 5.50. The number of nitrogens with zero attached hydrogens (tertiary/aromatic N) is 3. The lowest BCUT2D eigenvalue weighted by molar-refractivity contribution is -0.155. The van der Waals surface area contributed by atoms with Crippen LogP contribution in [0.5, 0.6) is 0 Å². The van der Waals surface area contributed by atoms with Crippen molar-refractivity contribution in [1.29, 1.82) is 0 Å². The largest absolute Gasteiger partial charge is 0.365 e. The number of amides is 4. The van der Waals surface area contributed by atoms with Gasteiger partial charge in [-0.1, -0.05) is 0 Å². The first-order valence-corrected chi connectivity index (χ1v) is 8.55. The van der Waals surface area contributed by atoms with E-state index in [0.29, 0.717) is 32.7 Å². The van der Waals surface area contributed by atoms with Gasteiger partial charge in [0, 0.05) is 53.1 Å². The van der Waals surface area contributed by atoms with Crippen molar-refractivity contribution in [2.45, 2.75) is 25.5 Å². The lowest BCUT2D eigenvalue weighted by Gasteiger charge is -2.44. The number of hydrogen-bond donors (Lipinski definition) is 1. The van der Waals surface area contributed by atoms with Crippen LogP contribution in [0.3, 0.4) is 0 Å². The SMILES string of the molecule is CNC(=O)C1CC(=O)N(C2CN(C(=O)COC3CN(C(C)=O)C3)C2)C1. The minimum atomic E-state index is -0.298. The minimum absolute atomic E-state index is 0.00204. The van der Waals surface area contributed by atoms with Crippen molar-refractivity contribution in [2.75, 3.05) is 46.4 Å². The Morgan fingerprint density at radius 1 is 1.12 bits per heavy atom. The van der Waals surface area contributed by atoms with E-state index in [1.54, 1.807) is 21.7 Å². The van der Waals surface area contributed by atoms with Crippen molar-refractivity contribution < 1.29 is 23.9 Å². The van der Waals surface area contributed by atoms with Gasteiger partial charge in [-0.25, -0.2) is 0 Å². The highest BCUT2D eigenvalue weighted by Crippen LogP contribution is 2.25. The molecule has 0 aromatic carbocycles. The molecule has 3 rings (SSSR count). The first-order valence-electron chi connectivity index (χ1n) is 8.55. The van der Waals surface area contributed by atoms with Gasteiger partial charge in [-0.15, -0.1) is 0 Å². The molecule has 25 heavy (non-hydrogen) atoms. The normalized spacial score (nSPS) is 24.2. The molecule has 1 atom stereocenters. The number of carbonyl (C=O) groups excluding carboxylic acids is 4. The van der Waals surface area contributed by atoms with E-state index in [-0.39, 0.29) is 54.7 Å². The molecule has 138 valence electrons. The number of rotatable bonds is 5. The summed E-state index contributed by atoms with van der Waals surface area (Å²) in [4.78, 5) is 51.9. The quantitative estimate of drug-likeness (QED) is 0.619. The topological polar surface area (TPSA) is 99.3 Å². The molecule has 0 aromatic rings. The van der Waals surface area contributed by atoms with Gasteiger partial charge >= 0.3 is 0 Å². The molecule has 3 fully saturated rings. The van der Waals surface area contributed by atoms with Crippen LogP contribution in [0, 0.1) is 5.92 Å². The third-order valence-corrected chi connectivity index (χ3v) is 5.17. The summed E-state index contributed by atoms with van der Waals surface area (Å²) in [5.74, 6) is -0.528. The van der Waals surface area contributed by atoms with E-state index in [0.717, 1.165) is 0 Å². The van der Waals surface area contributed by atoms with Crippen LogP contribution in [0.1, 0.15) is 13.3 Å². The van der Waals surface area contributed by atoms with Gasteiger partial charge in [0.05, 0.1) is 18.1 Å². The Morgan fingerprint density at radius 2 is 1.80 bits per heavy atom. The molecule has 9 nitrogen and oxygen atoms in total. The Hall–Kier alpha value is -2.16. The van der Waals surface area contributed by atoms with Crippen LogP contribution in [0.25, 0.3) is 0 Å². The summed E-state index contributed by atoms with van der Waals surface area (Å²) in [5, 5.41) is 2.57. The summed E-state index contributed by atoms with van der Waals surface area (Å²) in [5.41, 5.74) is 0. The monoisotopic (exact) mass is 352 g/mol. The van der Waals surface area contributed by atoms with E-state index in [1.165, 1.54) is 6.92 Å². The first kappa shape index (κ1) is 17.7. The molecule has 0 aromatic heterocycles. The highest BCUT2D eigenvalue weighted by molar-refractivity contribution is 5.89. The average molecular weight is 352 g/mol. The first-order chi connectivity index (χ1) is 11.9. The highest BCUT2D eigenvalue weighted by Gasteiger charge is 2.43. The zero-order valence-corrected chi connectivity index (χ0v) is 14.6. The van der Waals surface area contributed by atoms with Gasteiger partial charge in [-0.3, -0.25) is 19.2 Å². The third kappa shape index (κ3) is 3.60. The van der Waals surface area contributed by atoms with E-state index >= 15 is 0 Å². The van der Waals surface area contributed by atoms with Crippen LogP contribution in [0.4, 0.5) is 0 Å². The fraction of sp³-hybridized carbons (Fsp3) is 0.750. The smallest absolute Gasteiger partial charge is 0.248 e.